The summed E-state index contributed by atoms with van der Waals surface area (Å²) in [6, 6.07) is 1.76. The first-order valence-corrected chi connectivity index (χ1v) is 9.00. The third-order valence-corrected chi connectivity index (χ3v) is 5.49. The molecule has 1 amide bonds. The molecule has 1 aliphatic heterocycles. The van der Waals surface area contributed by atoms with E-state index in [1.165, 1.54) is 12.8 Å². The Morgan fingerprint density at radius 2 is 2.17 bits per heavy atom. The van der Waals surface area contributed by atoms with Crippen molar-refractivity contribution in [3.63, 3.8) is 0 Å². The van der Waals surface area contributed by atoms with Crippen LogP contribution in [0, 0.1) is 17.8 Å². The Balaban J connectivity index is 1.22. The third-order valence-electron chi connectivity index (χ3n) is 5.49. The number of carbonyl (C=O) groups excluding carboxylic acids is 1. The molecule has 0 spiro atoms. The second kappa shape index (κ2) is 7.07. The van der Waals surface area contributed by atoms with E-state index in [0.717, 1.165) is 56.2 Å². The molecule has 6 heteroatoms. The summed E-state index contributed by atoms with van der Waals surface area (Å²) < 4.78 is 10.6. The zero-order chi connectivity index (χ0) is 16.4. The van der Waals surface area contributed by atoms with E-state index in [1.54, 1.807) is 6.07 Å². The first kappa shape index (κ1) is 15.8. The van der Waals surface area contributed by atoms with Gasteiger partial charge in [0.2, 0.25) is 0 Å². The summed E-state index contributed by atoms with van der Waals surface area (Å²) >= 11 is 0. The summed E-state index contributed by atoms with van der Waals surface area (Å²) in [5.74, 6) is 2.86. The van der Waals surface area contributed by atoms with E-state index >= 15 is 0 Å². The first-order valence-electron chi connectivity index (χ1n) is 9.00. The van der Waals surface area contributed by atoms with E-state index in [0.29, 0.717) is 18.8 Å². The molecular formula is C18H25N3O3. The molecule has 2 aliphatic carbocycles. The Labute approximate surface area is 142 Å². The average molecular weight is 331 g/mol. The van der Waals surface area contributed by atoms with Crippen molar-refractivity contribution in [2.75, 3.05) is 32.8 Å². The number of hydrogen-bond acceptors (Lipinski definition) is 5. The third kappa shape index (κ3) is 3.54. The van der Waals surface area contributed by atoms with Gasteiger partial charge in [0, 0.05) is 25.7 Å². The van der Waals surface area contributed by atoms with E-state index in [-0.39, 0.29) is 5.91 Å². The summed E-state index contributed by atoms with van der Waals surface area (Å²) in [7, 11) is 0. The van der Waals surface area contributed by atoms with Crippen LogP contribution in [0.15, 0.2) is 22.7 Å². The minimum absolute atomic E-state index is 0.134. The van der Waals surface area contributed by atoms with Gasteiger partial charge in [-0.15, -0.1) is 0 Å². The minimum Gasteiger partial charge on any atom is -0.379 e. The number of allylic oxidation sites excluding steroid dienone is 2. The zero-order valence-electron chi connectivity index (χ0n) is 13.9. The smallest absolute Gasteiger partial charge is 0.273 e. The maximum atomic E-state index is 12.2. The van der Waals surface area contributed by atoms with Crippen molar-refractivity contribution in [3.8, 4) is 0 Å². The molecule has 2 heterocycles. The Morgan fingerprint density at radius 1 is 1.29 bits per heavy atom. The largest absolute Gasteiger partial charge is 0.379 e. The van der Waals surface area contributed by atoms with Gasteiger partial charge < -0.3 is 14.6 Å². The lowest BCUT2D eigenvalue weighted by atomic mass is 9.91. The molecule has 2 fully saturated rings. The number of ether oxygens (including phenoxy) is 1. The molecule has 0 radical (unpaired) electrons. The number of morpholine rings is 1. The van der Waals surface area contributed by atoms with Gasteiger partial charge in [0.1, 0.15) is 0 Å². The fraction of sp³-hybridized carbons (Fsp3) is 0.667. The number of hydrogen-bond donors (Lipinski definition) is 1. The lowest BCUT2D eigenvalue weighted by molar-refractivity contribution is 0.0305. The number of aromatic nitrogens is 1. The Morgan fingerprint density at radius 3 is 2.92 bits per heavy atom. The quantitative estimate of drug-likeness (QED) is 0.806. The average Bonchev–Trinajstić information content (AvgIpc) is 3.32. The Bertz CT molecular complexity index is 606. The van der Waals surface area contributed by atoms with Gasteiger partial charge in [-0.1, -0.05) is 17.3 Å². The van der Waals surface area contributed by atoms with Crippen LogP contribution >= 0.6 is 0 Å². The molecule has 3 aliphatic rings. The van der Waals surface area contributed by atoms with Crippen LogP contribution in [0.5, 0.6) is 0 Å². The molecule has 1 N–H and O–H groups in total. The van der Waals surface area contributed by atoms with Crippen LogP contribution in [0.1, 0.15) is 35.5 Å². The van der Waals surface area contributed by atoms with E-state index in [4.69, 9.17) is 9.26 Å². The summed E-state index contributed by atoms with van der Waals surface area (Å²) in [5.41, 5.74) is 0.381. The molecule has 1 aromatic rings. The predicted molar refractivity (Wildman–Crippen MR) is 88.4 cm³/mol. The SMILES string of the molecule is O=C(NCC[C@@H]1C[C@@H]2C=C[C@H]1C2)c1cc(CN2CCOCC2)on1. The topological polar surface area (TPSA) is 67.6 Å². The highest BCUT2D eigenvalue weighted by Gasteiger charge is 2.35. The molecule has 3 atom stereocenters. The number of rotatable bonds is 6. The van der Waals surface area contributed by atoms with Crippen LogP contribution in [0.25, 0.3) is 0 Å². The standard InChI is InChI=1S/C18H25N3O3/c22-18(19-4-3-15-10-13-1-2-14(15)9-13)17-11-16(24-20-17)12-21-5-7-23-8-6-21/h1-2,11,13-15H,3-10,12H2,(H,19,22)/t13-,14+,15-/m1/s1. The van der Waals surface area contributed by atoms with Gasteiger partial charge in [-0.25, -0.2) is 0 Å². The number of carbonyl (C=O) groups is 1. The van der Waals surface area contributed by atoms with Gasteiger partial charge in [0.25, 0.3) is 5.91 Å². The molecule has 4 rings (SSSR count). The molecule has 24 heavy (non-hydrogen) atoms. The fourth-order valence-electron chi connectivity index (χ4n) is 4.16. The number of nitrogens with one attached hydrogen (secondary N) is 1. The molecule has 1 aromatic heterocycles. The molecule has 0 aromatic carbocycles. The van der Waals surface area contributed by atoms with Gasteiger partial charge in [-0.3, -0.25) is 9.69 Å². The first-order chi connectivity index (χ1) is 11.8. The monoisotopic (exact) mass is 331 g/mol. The van der Waals surface area contributed by atoms with Crippen molar-refractivity contribution in [1.82, 2.24) is 15.4 Å². The van der Waals surface area contributed by atoms with Crippen molar-refractivity contribution in [1.29, 1.82) is 0 Å². The maximum Gasteiger partial charge on any atom is 0.273 e. The minimum atomic E-state index is -0.134. The van der Waals surface area contributed by atoms with Crippen molar-refractivity contribution in [2.45, 2.75) is 25.8 Å². The van der Waals surface area contributed by atoms with Crippen molar-refractivity contribution < 1.29 is 14.1 Å². The fourth-order valence-corrected chi connectivity index (χ4v) is 4.16. The van der Waals surface area contributed by atoms with Crippen LogP contribution in [0.4, 0.5) is 0 Å². The predicted octanol–water partition coefficient (Wildman–Crippen LogP) is 1.84. The molecule has 1 saturated carbocycles. The number of fused-ring (bicyclic) bond motifs is 2. The molecular weight excluding hydrogens is 306 g/mol. The van der Waals surface area contributed by atoms with Crippen LogP contribution in [-0.2, 0) is 11.3 Å². The molecule has 1 saturated heterocycles. The van der Waals surface area contributed by atoms with Crippen LogP contribution in [0.3, 0.4) is 0 Å². The van der Waals surface area contributed by atoms with Crippen molar-refractivity contribution >= 4 is 5.91 Å². The van der Waals surface area contributed by atoms with E-state index in [9.17, 15) is 4.79 Å². The normalized spacial score (nSPS) is 29.2. The highest BCUT2D eigenvalue weighted by Crippen LogP contribution is 2.44. The highest BCUT2D eigenvalue weighted by molar-refractivity contribution is 5.92. The van der Waals surface area contributed by atoms with E-state index < -0.39 is 0 Å². The molecule has 2 bridgehead atoms. The molecule has 130 valence electrons. The summed E-state index contributed by atoms with van der Waals surface area (Å²) in [6.07, 6.45) is 8.36. The Kier molecular flexibility index (Phi) is 4.67. The maximum absolute atomic E-state index is 12.2. The Hall–Kier alpha value is -1.66. The van der Waals surface area contributed by atoms with E-state index in [2.05, 4.69) is 27.5 Å². The van der Waals surface area contributed by atoms with Crippen LogP contribution in [-0.4, -0.2) is 48.8 Å². The summed E-state index contributed by atoms with van der Waals surface area (Å²) in [4.78, 5) is 14.4. The van der Waals surface area contributed by atoms with E-state index in [1.807, 2.05) is 0 Å². The van der Waals surface area contributed by atoms with Crippen LogP contribution in [0.2, 0.25) is 0 Å². The van der Waals surface area contributed by atoms with Gasteiger partial charge >= 0.3 is 0 Å². The van der Waals surface area contributed by atoms with Crippen LogP contribution < -0.4 is 5.32 Å². The second-order valence-electron chi connectivity index (χ2n) is 7.15. The molecule has 6 nitrogen and oxygen atoms in total. The lowest BCUT2D eigenvalue weighted by Gasteiger charge is -2.25. The van der Waals surface area contributed by atoms with Gasteiger partial charge in [-0.2, -0.15) is 0 Å². The van der Waals surface area contributed by atoms with Gasteiger partial charge in [0.15, 0.2) is 11.5 Å². The zero-order valence-corrected chi connectivity index (χ0v) is 13.9. The van der Waals surface area contributed by atoms with Gasteiger partial charge in [0.05, 0.1) is 19.8 Å². The number of nitrogens with zero attached hydrogens (tertiary/aromatic N) is 2. The second-order valence-corrected chi connectivity index (χ2v) is 7.15. The summed E-state index contributed by atoms with van der Waals surface area (Å²) in [6.45, 7) is 4.67. The van der Waals surface area contributed by atoms with Gasteiger partial charge in [-0.05, 0) is 37.0 Å². The lowest BCUT2D eigenvalue weighted by Crippen LogP contribution is -2.35. The van der Waals surface area contributed by atoms with Crippen molar-refractivity contribution in [2.24, 2.45) is 17.8 Å². The molecule has 0 unspecified atom stereocenters. The highest BCUT2D eigenvalue weighted by atomic mass is 16.5. The van der Waals surface area contributed by atoms with Crippen molar-refractivity contribution in [3.05, 3.63) is 29.7 Å². The number of amides is 1. The summed E-state index contributed by atoms with van der Waals surface area (Å²) in [5, 5.41) is 6.90.